The van der Waals surface area contributed by atoms with E-state index in [-0.39, 0.29) is 39.6 Å². The highest BCUT2D eigenvalue weighted by molar-refractivity contribution is 7.89. The lowest BCUT2D eigenvalue weighted by atomic mass is 9.99. The van der Waals surface area contributed by atoms with E-state index in [1.807, 2.05) is 0 Å². The van der Waals surface area contributed by atoms with Crippen LogP contribution < -0.4 is 10.1 Å². The van der Waals surface area contributed by atoms with Crippen molar-refractivity contribution in [2.45, 2.75) is 29.2 Å². The predicted molar refractivity (Wildman–Crippen MR) is 129 cm³/mol. The zero-order valence-corrected chi connectivity index (χ0v) is 21.6. The standard InChI is InChI=1S/C22H28ClN3O6S2/c1-25(2)33(28,29)19-9-6-16(7-10-19)14-24-22(27)17-5-4-12-26(15-17)34(30,31)21-13-18(23)8-11-20(21)32-3/h6-11,13,17H,4-5,12,14-15H2,1-3H3,(H,24,27)/t17-/m0/s1. The molecule has 1 amide bonds. The minimum Gasteiger partial charge on any atom is -0.495 e. The molecule has 1 heterocycles. The molecule has 0 aliphatic carbocycles. The van der Waals surface area contributed by atoms with E-state index in [1.54, 1.807) is 18.2 Å². The van der Waals surface area contributed by atoms with Crippen LogP contribution in [0.2, 0.25) is 5.02 Å². The first-order valence-electron chi connectivity index (χ1n) is 10.6. The lowest BCUT2D eigenvalue weighted by Gasteiger charge is -2.31. The summed E-state index contributed by atoms with van der Waals surface area (Å²) in [4.78, 5) is 12.9. The van der Waals surface area contributed by atoms with Gasteiger partial charge in [-0.25, -0.2) is 21.1 Å². The first kappa shape index (κ1) is 26.4. The first-order valence-corrected chi connectivity index (χ1v) is 13.9. The number of ether oxygens (including phenoxy) is 1. The number of rotatable bonds is 8. The van der Waals surface area contributed by atoms with Crippen molar-refractivity contribution in [2.24, 2.45) is 5.92 Å². The van der Waals surface area contributed by atoms with Gasteiger partial charge in [0, 0.05) is 38.8 Å². The van der Waals surface area contributed by atoms with E-state index < -0.39 is 26.0 Å². The van der Waals surface area contributed by atoms with E-state index in [2.05, 4.69) is 5.32 Å². The van der Waals surface area contributed by atoms with Gasteiger partial charge in [0.05, 0.1) is 17.9 Å². The van der Waals surface area contributed by atoms with E-state index >= 15 is 0 Å². The highest BCUT2D eigenvalue weighted by Crippen LogP contribution is 2.32. The molecule has 1 aliphatic heterocycles. The molecule has 9 nitrogen and oxygen atoms in total. The lowest BCUT2D eigenvalue weighted by Crippen LogP contribution is -2.45. The number of hydrogen-bond donors (Lipinski definition) is 1. The average molecular weight is 530 g/mol. The summed E-state index contributed by atoms with van der Waals surface area (Å²) in [6.45, 7) is 0.542. The van der Waals surface area contributed by atoms with Gasteiger partial charge in [-0.05, 0) is 48.7 Å². The Morgan fingerprint density at radius 2 is 1.82 bits per heavy atom. The summed E-state index contributed by atoms with van der Waals surface area (Å²) in [5.41, 5.74) is 0.731. The zero-order chi connectivity index (χ0) is 25.1. The Kier molecular flexibility index (Phi) is 8.25. The maximum atomic E-state index is 13.2. The quantitative estimate of drug-likeness (QED) is 0.561. The van der Waals surface area contributed by atoms with Gasteiger partial charge in [-0.2, -0.15) is 4.31 Å². The number of sulfonamides is 2. The number of benzene rings is 2. The van der Waals surface area contributed by atoms with Crippen LogP contribution in [0.4, 0.5) is 0 Å². The van der Waals surface area contributed by atoms with E-state index in [0.717, 1.165) is 9.87 Å². The number of carbonyl (C=O) groups excluding carboxylic acids is 1. The molecule has 1 atom stereocenters. The Labute approximate surface area is 205 Å². The second-order valence-electron chi connectivity index (χ2n) is 8.15. The topological polar surface area (TPSA) is 113 Å². The van der Waals surface area contributed by atoms with Crippen LogP contribution in [0, 0.1) is 5.92 Å². The van der Waals surface area contributed by atoms with Gasteiger partial charge >= 0.3 is 0 Å². The molecule has 2 aromatic carbocycles. The van der Waals surface area contributed by atoms with Crippen LogP contribution >= 0.6 is 11.6 Å². The Balaban J connectivity index is 1.66. The molecule has 1 saturated heterocycles. The maximum absolute atomic E-state index is 13.2. The fourth-order valence-electron chi connectivity index (χ4n) is 3.69. The Morgan fingerprint density at radius 1 is 1.15 bits per heavy atom. The molecule has 1 aliphatic rings. The molecule has 186 valence electrons. The van der Waals surface area contributed by atoms with E-state index in [0.29, 0.717) is 19.4 Å². The van der Waals surface area contributed by atoms with Crippen molar-refractivity contribution in [3.05, 3.63) is 53.1 Å². The summed E-state index contributed by atoms with van der Waals surface area (Å²) in [5.74, 6) is -0.583. The summed E-state index contributed by atoms with van der Waals surface area (Å²) in [7, 11) is -3.13. The van der Waals surface area contributed by atoms with Crippen molar-refractivity contribution in [3.63, 3.8) is 0 Å². The molecule has 12 heteroatoms. The third-order valence-electron chi connectivity index (χ3n) is 5.67. The largest absolute Gasteiger partial charge is 0.495 e. The Bertz CT molecular complexity index is 1250. The molecular weight excluding hydrogens is 502 g/mol. The molecule has 2 aromatic rings. The lowest BCUT2D eigenvalue weighted by molar-refractivity contribution is -0.126. The molecule has 1 N–H and O–H groups in total. The monoisotopic (exact) mass is 529 g/mol. The van der Waals surface area contributed by atoms with Crippen molar-refractivity contribution in [1.82, 2.24) is 13.9 Å². The molecule has 34 heavy (non-hydrogen) atoms. The van der Waals surface area contributed by atoms with E-state index in [4.69, 9.17) is 16.3 Å². The summed E-state index contributed by atoms with van der Waals surface area (Å²) in [5, 5.41) is 3.10. The molecule has 0 saturated carbocycles. The molecule has 0 bridgehead atoms. The number of carbonyl (C=O) groups is 1. The van der Waals surface area contributed by atoms with Gasteiger partial charge in [0.1, 0.15) is 10.6 Å². The van der Waals surface area contributed by atoms with Crippen molar-refractivity contribution in [2.75, 3.05) is 34.3 Å². The molecule has 3 rings (SSSR count). The van der Waals surface area contributed by atoms with Crippen molar-refractivity contribution in [3.8, 4) is 5.75 Å². The Morgan fingerprint density at radius 3 is 2.44 bits per heavy atom. The van der Waals surface area contributed by atoms with E-state index in [1.165, 1.54) is 49.8 Å². The molecule has 1 fully saturated rings. The zero-order valence-electron chi connectivity index (χ0n) is 19.2. The maximum Gasteiger partial charge on any atom is 0.246 e. The van der Waals surface area contributed by atoms with Gasteiger partial charge in [-0.1, -0.05) is 23.7 Å². The van der Waals surface area contributed by atoms with Gasteiger partial charge in [-0.3, -0.25) is 4.79 Å². The number of nitrogens with zero attached hydrogens (tertiary/aromatic N) is 2. The van der Waals surface area contributed by atoms with Gasteiger partial charge in [0.15, 0.2) is 0 Å². The SMILES string of the molecule is COc1ccc(Cl)cc1S(=O)(=O)N1CCC[C@H](C(=O)NCc2ccc(S(=O)(=O)N(C)C)cc2)C1. The number of nitrogens with one attached hydrogen (secondary N) is 1. The smallest absolute Gasteiger partial charge is 0.246 e. The summed E-state index contributed by atoms with van der Waals surface area (Å²) in [6.07, 6.45) is 1.10. The highest BCUT2D eigenvalue weighted by Gasteiger charge is 2.35. The van der Waals surface area contributed by atoms with Crippen molar-refractivity contribution < 1.29 is 26.4 Å². The number of halogens is 1. The van der Waals surface area contributed by atoms with Gasteiger partial charge < -0.3 is 10.1 Å². The summed E-state index contributed by atoms with van der Waals surface area (Å²) < 4.78 is 58.4. The fourth-order valence-corrected chi connectivity index (χ4v) is 6.53. The number of piperidine rings is 1. The Hall–Kier alpha value is -2.18. The summed E-state index contributed by atoms with van der Waals surface area (Å²) in [6, 6.07) is 10.7. The van der Waals surface area contributed by atoms with Crippen molar-refractivity contribution >= 4 is 37.6 Å². The third-order valence-corrected chi connectivity index (χ3v) is 9.62. The van der Waals surface area contributed by atoms with E-state index in [9.17, 15) is 21.6 Å². The minimum absolute atomic E-state index is 0.0312. The first-order chi connectivity index (χ1) is 16.0. The van der Waals surface area contributed by atoms with Crippen LogP contribution in [0.25, 0.3) is 0 Å². The molecule has 0 spiro atoms. The van der Waals surface area contributed by atoms with Gasteiger partial charge in [-0.15, -0.1) is 0 Å². The van der Waals surface area contributed by atoms with Gasteiger partial charge in [0.25, 0.3) is 0 Å². The molecule has 0 unspecified atom stereocenters. The predicted octanol–water partition coefficient (Wildman–Crippen LogP) is 2.32. The number of amides is 1. The van der Waals surface area contributed by atoms with Crippen LogP contribution in [-0.4, -0.2) is 65.6 Å². The molecular formula is C22H28ClN3O6S2. The number of hydrogen-bond acceptors (Lipinski definition) is 6. The normalized spacial score (nSPS) is 17.5. The summed E-state index contributed by atoms with van der Waals surface area (Å²) >= 11 is 6.01. The molecule has 0 radical (unpaired) electrons. The van der Waals surface area contributed by atoms with Crippen LogP contribution in [0.5, 0.6) is 5.75 Å². The van der Waals surface area contributed by atoms with Crippen LogP contribution in [0.3, 0.4) is 0 Å². The minimum atomic E-state index is -3.90. The number of methoxy groups -OCH3 is 1. The highest BCUT2D eigenvalue weighted by atomic mass is 35.5. The van der Waals surface area contributed by atoms with Crippen LogP contribution in [0.15, 0.2) is 52.3 Å². The van der Waals surface area contributed by atoms with Crippen molar-refractivity contribution in [1.29, 1.82) is 0 Å². The van der Waals surface area contributed by atoms with Gasteiger partial charge in [0.2, 0.25) is 26.0 Å². The molecule has 0 aromatic heterocycles. The second-order valence-corrected chi connectivity index (χ2v) is 12.6. The second kappa shape index (κ2) is 10.6. The van der Waals surface area contributed by atoms with Crippen LogP contribution in [0.1, 0.15) is 18.4 Å². The fraction of sp³-hybridized carbons (Fsp3) is 0.409. The van der Waals surface area contributed by atoms with Crippen LogP contribution in [-0.2, 0) is 31.4 Å². The average Bonchev–Trinajstić information content (AvgIpc) is 2.82. The third kappa shape index (κ3) is 5.72.